The summed E-state index contributed by atoms with van der Waals surface area (Å²) in [7, 11) is 1.59. The van der Waals surface area contributed by atoms with Gasteiger partial charge >= 0.3 is 5.97 Å². The Hall–Kier alpha value is -3.72. The van der Waals surface area contributed by atoms with Gasteiger partial charge in [-0.05, 0) is 48.2 Å². The molecular weight excluding hydrogens is 454 g/mol. The number of thiazole rings is 1. The number of aromatic nitrogens is 3. The number of benzene rings is 2. The molecular formula is C25H25N3O5S. The molecule has 0 aliphatic rings. The zero-order valence-corrected chi connectivity index (χ0v) is 20.2. The maximum Gasteiger partial charge on any atom is 0.308 e. The van der Waals surface area contributed by atoms with Gasteiger partial charge in [-0.1, -0.05) is 43.4 Å². The van der Waals surface area contributed by atoms with E-state index in [1.807, 2.05) is 18.2 Å². The summed E-state index contributed by atoms with van der Waals surface area (Å²) < 4.78 is 18.3. The van der Waals surface area contributed by atoms with Crippen LogP contribution in [0.4, 0.5) is 0 Å². The highest BCUT2D eigenvalue weighted by Gasteiger charge is 2.16. The van der Waals surface area contributed by atoms with Crippen molar-refractivity contribution in [2.24, 2.45) is 5.92 Å². The Morgan fingerprint density at radius 3 is 2.65 bits per heavy atom. The van der Waals surface area contributed by atoms with Crippen LogP contribution in [0.25, 0.3) is 22.4 Å². The van der Waals surface area contributed by atoms with E-state index in [1.165, 1.54) is 22.8 Å². The normalized spacial score (nSPS) is 11.9. The molecule has 4 aromatic rings. The predicted molar refractivity (Wildman–Crippen MR) is 131 cm³/mol. The average molecular weight is 480 g/mol. The fourth-order valence-electron chi connectivity index (χ4n) is 3.29. The Morgan fingerprint density at radius 2 is 1.94 bits per heavy atom. The smallest absolute Gasteiger partial charge is 0.308 e. The number of esters is 1. The Bertz CT molecular complexity index is 1440. The van der Waals surface area contributed by atoms with Crippen LogP contribution in [0.2, 0.25) is 0 Å². The molecule has 0 amide bonds. The van der Waals surface area contributed by atoms with Crippen molar-refractivity contribution in [1.29, 1.82) is 0 Å². The molecule has 2 aromatic heterocycles. The summed E-state index contributed by atoms with van der Waals surface area (Å²) >= 11 is 1.23. The molecule has 0 aliphatic heterocycles. The molecule has 0 aliphatic carbocycles. The number of ether oxygens (including phenoxy) is 3. The fraction of sp³-hybridized carbons (Fsp3) is 0.280. The number of para-hydroxylation sites is 1. The second-order valence-corrected chi connectivity index (χ2v) is 9.09. The summed E-state index contributed by atoms with van der Waals surface area (Å²) in [6.45, 7) is 6.23. The molecule has 0 saturated heterocycles. The standard InChI is InChI=1S/C25H25N3O5S/c1-15(2)11-12-32-20-10-9-17(13-21(20)31-4)14-22-24(30)28-25(34-22)26-23(27-28)18-7-5-6-8-19(18)33-16(3)29/h5-10,13-15H,11-12H2,1-4H3/b22-14+. The van der Waals surface area contributed by atoms with Crippen molar-refractivity contribution in [3.05, 3.63) is 62.9 Å². The molecule has 0 N–H and O–H groups in total. The lowest BCUT2D eigenvalue weighted by Gasteiger charge is -2.12. The zero-order chi connectivity index (χ0) is 24.2. The molecule has 0 atom stereocenters. The quantitative estimate of drug-likeness (QED) is 0.281. The second kappa shape index (κ2) is 10.0. The van der Waals surface area contributed by atoms with Crippen LogP contribution in [-0.2, 0) is 4.79 Å². The van der Waals surface area contributed by atoms with Crippen molar-refractivity contribution in [2.75, 3.05) is 13.7 Å². The van der Waals surface area contributed by atoms with Crippen molar-refractivity contribution < 1.29 is 19.0 Å². The number of methoxy groups -OCH3 is 1. The van der Waals surface area contributed by atoms with Gasteiger partial charge in [0, 0.05) is 6.92 Å². The van der Waals surface area contributed by atoms with Gasteiger partial charge in [0.15, 0.2) is 17.3 Å². The lowest BCUT2D eigenvalue weighted by Crippen LogP contribution is -2.23. The molecule has 0 unspecified atom stereocenters. The largest absolute Gasteiger partial charge is 0.493 e. The monoisotopic (exact) mass is 479 g/mol. The predicted octanol–water partition coefficient (Wildman–Crippen LogP) is 3.72. The maximum absolute atomic E-state index is 13.0. The summed E-state index contributed by atoms with van der Waals surface area (Å²) in [4.78, 5) is 29.3. The van der Waals surface area contributed by atoms with E-state index < -0.39 is 5.97 Å². The van der Waals surface area contributed by atoms with Gasteiger partial charge in [-0.2, -0.15) is 9.50 Å². The highest BCUT2D eigenvalue weighted by atomic mass is 32.1. The minimum absolute atomic E-state index is 0.278. The van der Waals surface area contributed by atoms with Gasteiger partial charge in [0.25, 0.3) is 5.56 Å². The van der Waals surface area contributed by atoms with Crippen LogP contribution >= 0.6 is 11.3 Å². The lowest BCUT2D eigenvalue weighted by molar-refractivity contribution is -0.131. The summed E-state index contributed by atoms with van der Waals surface area (Å²) in [5, 5.41) is 4.36. The van der Waals surface area contributed by atoms with E-state index in [1.54, 1.807) is 37.5 Å². The average Bonchev–Trinajstić information content (AvgIpc) is 3.33. The Kier molecular flexibility index (Phi) is 6.93. The molecule has 176 valence electrons. The zero-order valence-electron chi connectivity index (χ0n) is 19.4. The maximum atomic E-state index is 13.0. The topological polar surface area (TPSA) is 92.0 Å². The molecule has 34 heavy (non-hydrogen) atoms. The van der Waals surface area contributed by atoms with Gasteiger partial charge in [0.05, 0.1) is 23.8 Å². The van der Waals surface area contributed by atoms with Crippen LogP contribution in [-0.4, -0.2) is 34.3 Å². The SMILES string of the molecule is COc1cc(/C=c2/sc3nc(-c4ccccc4OC(C)=O)nn3c2=O)ccc1OCCC(C)C. The molecule has 0 saturated carbocycles. The van der Waals surface area contributed by atoms with Crippen molar-refractivity contribution in [1.82, 2.24) is 14.6 Å². The van der Waals surface area contributed by atoms with Gasteiger partial charge in [-0.3, -0.25) is 9.59 Å². The minimum atomic E-state index is -0.443. The number of rotatable bonds is 8. The van der Waals surface area contributed by atoms with Crippen molar-refractivity contribution in [3.63, 3.8) is 0 Å². The first-order valence-electron chi connectivity index (χ1n) is 10.9. The molecule has 0 fully saturated rings. The first-order valence-corrected chi connectivity index (χ1v) is 11.7. The van der Waals surface area contributed by atoms with Crippen LogP contribution in [0.1, 0.15) is 32.8 Å². The summed E-state index contributed by atoms with van der Waals surface area (Å²) in [5.74, 6) is 2.04. The lowest BCUT2D eigenvalue weighted by atomic mass is 10.1. The first kappa shape index (κ1) is 23.4. The molecule has 4 rings (SSSR count). The third kappa shape index (κ3) is 5.09. The molecule has 0 radical (unpaired) electrons. The van der Waals surface area contributed by atoms with Gasteiger partial charge in [-0.15, -0.1) is 5.10 Å². The number of hydrogen-bond acceptors (Lipinski definition) is 8. The van der Waals surface area contributed by atoms with E-state index >= 15 is 0 Å². The van der Waals surface area contributed by atoms with Crippen molar-refractivity contribution in [2.45, 2.75) is 27.2 Å². The first-order chi connectivity index (χ1) is 16.4. The molecule has 2 heterocycles. The van der Waals surface area contributed by atoms with Gasteiger partial charge in [-0.25, -0.2) is 0 Å². The number of hydrogen-bond donors (Lipinski definition) is 0. The number of fused-ring (bicyclic) bond motifs is 1. The molecule has 8 nitrogen and oxygen atoms in total. The molecule has 0 spiro atoms. The van der Waals surface area contributed by atoms with E-state index in [4.69, 9.17) is 14.2 Å². The van der Waals surface area contributed by atoms with E-state index in [0.717, 1.165) is 12.0 Å². The Labute approximate surface area is 200 Å². The Morgan fingerprint density at radius 1 is 1.15 bits per heavy atom. The van der Waals surface area contributed by atoms with Crippen LogP contribution in [0.3, 0.4) is 0 Å². The second-order valence-electron chi connectivity index (χ2n) is 8.08. The summed E-state index contributed by atoms with van der Waals surface area (Å²) in [6, 6.07) is 12.5. The van der Waals surface area contributed by atoms with Crippen LogP contribution in [0.5, 0.6) is 17.2 Å². The summed E-state index contributed by atoms with van der Waals surface area (Å²) in [5.41, 5.74) is 1.06. The minimum Gasteiger partial charge on any atom is -0.493 e. The van der Waals surface area contributed by atoms with E-state index in [-0.39, 0.29) is 5.56 Å². The highest BCUT2D eigenvalue weighted by Crippen LogP contribution is 2.29. The van der Waals surface area contributed by atoms with Gasteiger partial charge in [0.2, 0.25) is 4.96 Å². The van der Waals surface area contributed by atoms with E-state index in [2.05, 4.69) is 23.9 Å². The van der Waals surface area contributed by atoms with Crippen LogP contribution in [0.15, 0.2) is 47.3 Å². The van der Waals surface area contributed by atoms with Gasteiger partial charge in [0.1, 0.15) is 5.75 Å². The third-order valence-corrected chi connectivity index (χ3v) is 5.96. The van der Waals surface area contributed by atoms with Crippen LogP contribution < -0.4 is 24.3 Å². The highest BCUT2D eigenvalue weighted by molar-refractivity contribution is 7.15. The molecule has 2 aromatic carbocycles. The number of nitrogens with zero attached hydrogens (tertiary/aromatic N) is 3. The van der Waals surface area contributed by atoms with Crippen molar-refractivity contribution >= 4 is 28.3 Å². The molecule has 0 bridgehead atoms. The van der Waals surface area contributed by atoms with E-state index in [9.17, 15) is 9.59 Å². The van der Waals surface area contributed by atoms with Crippen LogP contribution in [0, 0.1) is 5.92 Å². The fourth-order valence-corrected chi connectivity index (χ4v) is 4.20. The summed E-state index contributed by atoms with van der Waals surface area (Å²) in [6.07, 6.45) is 2.72. The van der Waals surface area contributed by atoms with E-state index in [0.29, 0.717) is 50.7 Å². The molecule has 9 heteroatoms. The van der Waals surface area contributed by atoms with Gasteiger partial charge < -0.3 is 14.2 Å². The Balaban J connectivity index is 1.65. The number of carbonyl (C=O) groups excluding carboxylic acids is 1. The number of carbonyl (C=O) groups is 1. The van der Waals surface area contributed by atoms with Crippen molar-refractivity contribution in [3.8, 4) is 28.6 Å². The third-order valence-electron chi connectivity index (χ3n) is 5.00.